The summed E-state index contributed by atoms with van der Waals surface area (Å²) in [7, 11) is 0. The monoisotopic (exact) mass is 491 g/mol. The van der Waals surface area contributed by atoms with Crippen LogP contribution in [0.4, 0.5) is 4.39 Å². The molecule has 2 aliphatic rings. The van der Waals surface area contributed by atoms with E-state index in [0.717, 1.165) is 17.1 Å². The summed E-state index contributed by atoms with van der Waals surface area (Å²) in [5, 5.41) is 40.8. The summed E-state index contributed by atoms with van der Waals surface area (Å²) < 4.78 is 33.4. The number of benzene rings is 2. The molecule has 3 aromatic rings. The Balaban J connectivity index is 1.44. The lowest BCUT2D eigenvalue weighted by Crippen LogP contribution is -2.56. The first-order valence-electron chi connectivity index (χ1n) is 11.1. The van der Waals surface area contributed by atoms with Crippen LogP contribution in [-0.2, 0) is 9.47 Å². The smallest absolute Gasteiger partial charge is 0.163 e. The Morgan fingerprint density at radius 1 is 1.06 bits per heavy atom. The van der Waals surface area contributed by atoms with E-state index < -0.39 is 43.1 Å². The van der Waals surface area contributed by atoms with Crippen molar-refractivity contribution in [2.45, 2.75) is 53.0 Å². The summed E-state index contributed by atoms with van der Waals surface area (Å²) >= 11 is 1.34. The summed E-state index contributed by atoms with van der Waals surface area (Å²) in [5.41, 5.74) is 0.452. The van der Waals surface area contributed by atoms with Gasteiger partial charge in [-0.15, -0.1) is 0 Å². The molecule has 0 spiro atoms. The van der Waals surface area contributed by atoms with E-state index in [9.17, 15) is 24.8 Å². The molecule has 2 fully saturated rings. The first-order chi connectivity index (χ1) is 16.5. The number of fused-ring (bicyclic) bond motifs is 1. The Hall–Kier alpha value is -2.18. The number of halogens is 1. The fourth-order valence-electron chi connectivity index (χ4n) is 4.34. The molecule has 3 heterocycles. The average Bonchev–Trinajstić information content (AvgIpc) is 3.48. The van der Waals surface area contributed by atoms with Gasteiger partial charge in [0.25, 0.3) is 0 Å². The maximum atomic E-state index is 14.9. The predicted octanol–water partition coefficient (Wildman–Crippen LogP) is 2.07. The fraction of sp³-hybridized carbons (Fsp3) is 0.417. The highest BCUT2D eigenvalue weighted by Crippen LogP contribution is 2.40. The van der Waals surface area contributed by atoms with Gasteiger partial charge < -0.3 is 39.2 Å². The lowest BCUT2D eigenvalue weighted by molar-refractivity contribution is -0.250. The standard InChI is InChI=1S/C24H26FNO7S/c25-16-2-1-3-17-20(16)19(10-26(17)24-23(30)22(29)21(28)18(11-27)33-24)34-15-6-4-13(5-7-15)32-14-8-9-31-12-14/h1-7,10,14,18,21-24,27-30H,8-9,11-12H2/t14?,18-,21-,22+,23-,24-/m1/s1. The van der Waals surface area contributed by atoms with Gasteiger partial charge in [0.1, 0.15) is 42.1 Å². The van der Waals surface area contributed by atoms with Crippen LogP contribution >= 0.6 is 11.8 Å². The van der Waals surface area contributed by atoms with Crippen LogP contribution in [0.15, 0.2) is 58.5 Å². The minimum absolute atomic E-state index is 0.0455. The van der Waals surface area contributed by atoms with Crippen LogP contribution in [-0.4, -0.2) is 75.3 Å². The number of aromatic nitrogens is 1. The molecule has 1 unspecified atom stereocenters. The second kappa shape index (κ2) is 9.82. The lowest BCUT2D eigenvalue weighted by atomic mass is 9.98. The molecular weight excluding hydrogens is 465 g/mol. The first-order valence-corrected chi connectivity index (χ1v) is 11.9. The highest BCUT2D eigenvalue weighted by molar-refractivity contribution is 7.99. The number of rotatable bonds is 6. The summed E-state index contributed by atoms with van der Waals surface area (Å²) in [6.07, 6.45) is -4.13. The second-order valence-electron chi connectivity index (χ2n) is 8.43. The molecule has 0 saturated carbocycles. The third-order valence-electron chi connectivity index (χ3n) is 6.16. The van der Waals surface area contributed by atoms with Crippen molar-refractivity contribution in [3.8, 4) is 5.75 Å². The van der Waals surface area contributed by atoms with E-state index >= 15 is 0 Å². The Kier molecular flexibility index (Phi) is 6.81. The zero-order valence-corrected chi connectivity index (χ0v) is 19.0. The molecule has 8 nitrogen and oxygen atoms in total. The normalized spacial score (nSPS) is 29.6. The maximum Gasteiger partial charge on any atom is 0.163 e. The van der Waals surface area contributed by atoms with Crippen molar-refractivity contribution in [1.29, 1.82) is 0 Å². The van der Waals surface area contributed by atoms with Gasteiger partial charge >= 0.3 is 0 Å². The van der Waals surface area contributed by atoms with E-state index in [1.54, 1.807) is 18.3 Å². The van der Waals surface area contributed by atoms with Crippen molar-refractivity contribution < 1.29 is 39.0 Å². The Morgan fingerprint density at radius 2 is 1.85 bits per heavy atom. The van der Waals surface area contributed by atoms with Gasteiger partial charge in [-0.25, -0.2) is 4.39 Å². The van der Waals surface area contributed by atoms with E-state index in [-0.39, 0.29) is 6.10 Å². The van der Waals surface area contributed by atoms with Crippen LogP contribution in [0.1, 0.15) is 12.6 Å². The molecule has 2 saturated heterocycles. The van der Waals surface area contributed by atoms with Gasteiger partial charge in [0.05, 0.1) is 25.3 Å². The summed E-state index contributed by atoms with van der Waals surface area (Å²) in [6.45, 7) is 0.730. The van der Waals surface area contributed by atoms with Gasteiger partial charge in [-0.05, 0) is 36.4 Å². The number of hydrogen-bond donors (Lipinski definition) is 4. The zero-order chi connectivity index (χ0) is 23.8. The number of hydrogen-bond acceptors (Lipinski definition) is 8. The fourth-order valence-corrected chi connectivity index (χ4v) is 5.34. The van der Waals surface area contributed by atoms with E-state index in [1.165, 1.54) is 22.4 Å². The molecule has 182 valence electrons. The van der Waals surface area contributed by atoms with Crippen molar-refractivity contribution >= 4 is 22.7 Å². The summed E-state index contributed by atoms with van der Waals surface area (Å²) in [4.78, 5) is 1.44. The van der Waals surface area contributed by atoms with E-state index in [1.807, 2.05) is 24.3 Å². The highest BCUT2D eigenvalue weighted by Gasteiger charge is 2.44. The number of nitrogens with zero attached hydrogens (tertiary/aromatic N) is 1. The number of ether oxygens (including phenoxy) is 3. The Bertz CT molecular complexity index is 1130. The van der Waals surface area contributed by atoms with Crippen LogP contribution in [0.25, 0.3) is 10.9 Å². The molecule has 0 bridgehead atoms. The van der Waals surface area contributed by atoms with E-state index in [4.69, 9.17) is 14.2 Å². The average molecular weight is 492 g/mol. The molecule has 6 atom stereocenters. The predicted molar refractivity (Wildman–Crippen MR) is 121 cm³/mol. The van der Waals surface area contributed by atoms with Gasteiger partial charge in [-0.3, -0.25) is 0 Å². The zero-order valence-electron chi connectivity index (χ0n) is 18.2. The number of aliphatic hydroxyl groups is 4. The van der Waals surface area contributed by atoms with Crippen LogP contribution < -0.4 is 4.74 Å². The number of aliphatic hydroxyl groups excluding tert-OH is 4. The molecule has 34 heavy (non-hydrogen) atoms. The molecule has 2 aliphatic heterocycles. The molecular formula is C24H26FNO7S. The summed E-state index contributed by atoms with van der Waals surface area (Å²) in [5.74, 6) is 0.291. The van der Waals surface area contributed by atoms with Crippen molar-refractivity contribution in [1.82, 2.24) is 4.57 Å². The van der Waals surface area contributed by atoms with Crippen molar-refractivity contribution in [3.05, 3.63) is 54.5 Å². The van der Waals surface area contributed by atoms with Gasteiger partial charge in [-0.2, -0.15) is 0 Å². The molecule has 10 heteroatoms. The Labute approximate surface area is 199 Å². The van der Waals surface area contributed by atoms with E-state index in [0.29, 0.717) is 29.0 Å². The Morgan fingerprint density at radius 3 is 2.56 bits per heavy atom. The topological polar surface area (TPSA) is 114 Å². The van der Waals surface area contributed by atoms with Crippen molar-refractivity contribution in [2.75, 3.05) is 19.8 Å². The van der Waals surface area contributed by atoms with Crippen molar-refractivity contribution in [3.63, 3.8) is 0 Å². The molecule has 5 rings (SSSR count). The molecule has 4 N–H and O–H groups in total. The van der Waals surface area contributed by atoms with Gasteiger partial charge in [0.2, 0.25) is 0 Å². The van der Waals surface area contributed by atoms with Crippen LogP contribution in [0.2, 0.25) is 0 Å². The second-order valence-corrected chi connectivity index (χ2v) is 9.55. The van der Waals surface area contributed by atoms with E-state index in [2.05, 4.69) is 0 Å². The SMILES string of the molecule is OC[C@H]1O[C@@H](n2cc(Sc3ccc(OC4CCOC4)cc3)c3c(F)cccc32)[C@H](O)[C@@H](O)[C@@H]1O. The molecule has 0 amide bonds. The quantitative estimate of drug-likeness (QED) is 0.415. The van der Waals surface area contributed by atoms with Gasteiger partial charge in [0, 0.05) is 27.8 Å². The minimum Gasteiger partial charge on any atom is -0.488 e. The molecule has 0 aliphatic carbocycles. The molecule has 2 aromatic carbocycles. The van der Waals surface area contributed by atoms with Crippen LogP contribution in [0.3, 0.4) is 0 Å². The minimum atomic E-state index is -1.53. The van der Waals surface area contributed by atoms with Crippen molar-refractivity contribution in [2.24, 2.45) is 0 Å². The highest BCUT2D eigenvalue weighted by atomic mass is 32.2. The lowest BCUT2D eigenvalue weighted by Gasteiger charge is -2.40. The summed E-state index contributed by atoms with van der Waals surface area (Å²) in [6, 6.07) is 12.1. The van der Waals surface area contributed by atoms with Gasteiger partial charge in [-0.1, -0.05) is 17.8 Å². The largest absolute Gasteiger partial charge is 0.488 e. The van der Waals surface area contributed by atoms with Crippen LogP contribution in [0, 0.1) is 5.82 Å². The first kappa shape index (κ1) is 23.6. The molecule has 0 radical (unpaired) electrons. The van der Waals surface area contributed by atoms with Crippen LogP contribution in [0.5, 0.6) is 5.75 Å². The maximum absolute atomic E-state index is 14.9. The molecule has 1 aromatic heterocycles. The van der Waals surface area contributed by atoms with Gasteiger partial charge in [0.15, 0.2) is 6.23 Å². The third-order valence-corrected chi connectivity index (χ3v) is 7.19. The third kappa shape index (κ3) is 4.42.